The maximum Gasteiger partial charge on any atom is 0.305 e. The third kappa shape index (κ3) is 4.23. The van der Waals surface area contributed by atoms with Crippen LogP contribution in [0.5, 0.6) is 0 Å². The van der Waals surface area contributed by atoms with E-state index in [9.17, 15) is 9.59 Å². The molecule has 1 aromatic heterocycles. The van der Waals surface area contributed by atoms with Crippen LogP contribution >= 0.6 is 34.8 Å². The van der Waals surface area contributed by atoms with Crippen molar-refractivity contribution >= 4 is 46.7 Å². The molecule has 2 N–H and O–H groups in total. The number of hydrogen-bond acceptors (Lipinski definition) is 3. The number of carbonyl (C=O) groups excluding carboxylic acids is 1. The predicted molar refractivity (Wildman–Crippen MR) is 77.6 cm³/mol. The van der Waals surface area contributed by atoms with Crippen LogP contribution < -0.4 is 5.32 Å². The number of carbonyl (C=O) groups is 2. The Kier molecular flexibility index (Phi) is 6.05. The second-order valence-electron chi connectivity index (χ2n) is 4.50. The first-order valence-electron chi connectivity index (χ1n) is 5.76. The van der Waals surface area contributed by atoms with Crippen molar-refractivity contribution < 1.29 is 14.7 Å². The highest BCUT2D eigenvalue weighted by atomic mass is 35.5. The molecule has 0 spiro atoms. The zero-order valence-corrected chi connectivity index (χ0v) is 13.1. The number of rotatable bonds is 5. The van der Waals surface area contributed by atoms with Gasteiger partial charge in [0, 0.05) is 12.2 Å². The Morgan fingerprint density at radius 2 is 1.90 bits per heavy atom. The zero-order valence-electron chi connectivity index (χ0n) is 10.8. The molecule has 0 saturated heterocycles. The normalized spacial score (nSPS) is 12.3. The highest BCUT2D eigenvalue weighted by Gasteiger charge is 2.23. The summed E-state index contributed by atoms with van der Waals surface area (Å²) in [6.45, 7) is 3.61. The van der Waals surface area contributed by atoms with E-state index in [4.69, 9.17) is 39.9 Å². The molecule has 0 bridgehead atoms. The molecule has 1 unspecified atom stereocenters. The van der Waals surface area contributed by atoms with Crippen LogP contribution in [0.15, 0.2) is 6.20 Å². The minimum atomic E-state index is -1.00. The van der Waals surface area contributed by atoms with Gasteiger partial charge in [0.05, 0.1) is 21.5 Å². The summed E-state index contributed by atoms with van der Waals surface area (Å²) in [5.74, 6) is -1.65. The van der Waals surface area contributed by atoms with E-state index in [-0.39, 0.29) is 33.1 Å². The summed E-state index contributed by atoms with van der Waals surface area (Å²) in [4.78, 5) is 26.7. The van der Waals surface area contributed by atoms with E-state index in [1.54, 1.807) is 13.8 Å². The average Bonchev–Trinajstić information content (AvgIpc) is 2.34. The van der Waals surface area contributed by atoms with Gasteiger partial charge in [0.1, 0.15) is 5.69 Å². The third-order valence-corrected chi connectivity index (χ3v) is 3.89. The Morgan fingerprint density at radius 3 is 2.40 bits per heavy atom. The van der Waals surface area contributed by atoms with Crippen molar-refractivity contribution in [1.29, 1.82) is 0 Å². The van der Waals surface area contributed by atoms with Crippen molar-refractivity contribution in [3.63, 3.8) is 0 Å². The molecule has 1 atom stereocenters. The quantitative estimate of drug-likeness (QED) is 0.863. The van der Waals surface area contributed by atoms with E-state index in [1.165, 1.54) is 6.20 Å². The number of hydrogen-bond donors (Lipinski definition) is 2. The fourth-order valence-electron chi connectivity index (χ4n) is 1.48. The molecule has 5 nitrogen and oxygen atoms in total. The predicted octanol–water partition coefficient (Wildman–Crippen LogP) is 3.27. The number of pyridine rings is 1. The molecule has 20 heavy (non-hydrogen) atoms. The maximum atomic E-state index is 12.1. The number of amides is 1. The largest absolute Gasteiger partial charge is 0.481 e. The number of carboxylic acids is 1. The molecular formula is C12H13Cl3N2O3. The van der Waals surface area contributed by atoms with Crippen LogP contribution in [0.2, 0.25) is 15.1 Å². The van der Waals surface area contributed by atoms with Crippen LogP contribution in [-0.4, -0.2) is 28.0 Å². The van der Waals surface area contributed by atoms with E-state index in [0.717, 1.165) is 0 Å². The molecule has 0 aromatic carbocycles. The van der Waals surface area contributed by atoms with Gasteiger partial charge in [-0.3, -0.25) is 9.59 Å². The van der Waals surface area contributed by atoms with Crippen LogP contribution in [0.4, 0.5) is 0 Å². The van der Waals surface area contributed by atoms with Crippen molar-refractivity contribution in [3.05, 3.63) is 27.0 Å². The van der Waals surface area contributed by atoms with Gasteiger partial charge in [-0.15, -0.1) is 0 Å². The summed E-state index contributed by atoms with van der Waals surface area (Å²) in [5, 5.41) is 11.5. The molecule has 0 aliphatic heterocycles. The summed E-state index contributed by atoms with van der Waals surface area (Å²) >= 11 is 17.5. The Labute approximate surface area is 131 Å². The molecule has 1 amide bonds. The number of aliphatic carboxylic acids is 1. The summed E-state index contributed by atoms with van der Waals surface area (Å²) < 4.78 is 0. The molecule has 110 valence electrons. The molecule has 0 fully saturated rings. The highest BCUT2D eigenvalue weighted by Crippen LogP contribution is 2.31. The summed E-state index contributed by atoms with van der Waals surface area (Å²) in [7, 11) is 0. The van der Waals surface area contributed by atoms with E-state index < -0.39 is 17.9 Å². The Balaban J connectivity index is 2.95. The van der Waals surface area contributed by atoms with Crippen molar-refractivity contribution in [2.24, 2.45) is 5.92 Å². The maximum absolute atomic E-state index is 12.1. The lowest BCUT2D eigenvalue weighted by atomic mass is 10.0. The fraction of sp³-hybridized carbons (Fsp3) is 0.417. The lowest BCUT2D eigenvalue weighted by molar-refractivity contribution is -0.137. The molecule has 0 saturated carbocycles. The van der Waals surface area contributed by atoms with Crippen molar-refractivity contribution in [2.45, 2.75) is 26.3 Å². The van der Waals surface area contributed by atoms with Crippen molar-refractivity contribution in [1.82, 2.24) is 10.3 Å². The van der Waals surface area contributed by atoms with E-state index in [0.29, 0.717) is 0 Å². The average molecular weight is 340 g/mol. The second kappa shape index (κ2) is 7.11. The van der Waals surface area contributed by atoms with Gasteiger partial charge in [-0.25, -0.2) is 4.98 Å². The van der Waals surface area contributed by atoms with Crippen LogP contribution in [0.3, 0.4) is 0 Å². The number of nitrogens with one attached hydrogen (secondary N) is 1. The standard InChI is InChI=1S/C12H13Cl3N2O3/c1-5(2)7(3-8(18)19)17-12(20)11-10(15)9(14)6(13)4-16-11/h4-5,7H,3H2,1-2H3,(H,17,20)(H,18,19). The fourth-order valence-corrected chi connectivity index (χ4v) is 2.05. The number of halogens is 3. The summed E-state index contributed by atoms with van der Waals surface area (Å²) in [5.41, 5.74) is -0.0860. The zero-order chi connectivity index (χ0) is 15.4. The Hall–Kier alpha value is -1.04. The third-order valence-electron chi connectivity index (χ3n) is 2.65. The minimum Gasteiger partial charge on any atom is -0.481 e. The van der Waals surface area contributed by atoms with Gasteiger partial charge >= 0.3 is 5.97 Å². The van der Waals surface area contributed by atoms with Crippen molar-refractivity contribution in [3.8, 4) is 0 Å². The number of nitrogens with zero attached hydrogens (tertiary/aromatic N) is 1. The number of carboxylic acid groups (broad SMARTS) is 1. The van der Waals surface area contributed by atoms with Gasteiger partial charge in [0.2, 0.25) is 0 Å². The Bertz CT molecular complexity index is 535. The SMILES string of the molecule is CC(C)C(CC(=O)O)NC(=O)c1ncc(Cl)c(Cl)c1Cl. The van der Waals surface area contributed by atoms with Gasteiger partial charge in [-0.2, -0.15) is 0 Å². The van der Waals surface area contributed by atoms with Crippen LogP contribution in [-0.2, 0) is 4.79 Å². The monoisotopic (exact) mass is 338 g/mol. The summed E-state index contributed by atoms with van der Waals surface area (Å²) in [6, 6.07) is -0.535. The highest BCUT2D eigenvalue weighted by molar-refractivity contribution is 6.48. The van der Waals surface area contributed by atoms with Gasteiger partial charge < -0.3 is 10.4 Å². The van der Waals surface area contributed by atoms with Crippen LogP contribution in [0.1, 0.15) is 30.8 Å². The first kappa shape index (κ1) is 17.0. The van der Waals surface area contributed by atoms with E-state index >= 15 is 0 Å². The summed E-state index contributed by atoms with van der Waals surface area (Å²) in [6.07, 6.45) is 1.02. The molecule has 0 radical (unpaired) electrons. The molecule has 0 aliphatic carbocycles. The van der Waals surface area contributed by atoms with Gasteiger partial charge in [-0.05, 0) is 5.92 Å². The van der Waals surface area contributed by atoms with E-state index in [1.807, 2.05) is 0 Å². The first-order chi connectivity index (χ1) is 9.23. The number of aromatic nitrogens is 1. The van der Waals surface area contributed by atoms with Gasteiger partial charge in [-0.1, -0.05) is 48.7 Å². The van der Waals surface area contributed by atoms with Crippen LogP contribution in [0.25, 0.3) is 0 Å². The Morgan fingerprint density at radius 1 is 1.30 bits per heavy atom. The molecule has 1 aromatic rings. The molecule has 8 heteroatoms. The molecular weight excluding hydrogens is 327 g/mol. The first-order valence-corrected chi connectivity index (χ1v) is 6.89. The topological polar surface area (TPSA) is 79.3 Å². The van der Waals surface area contributed by atoms with Gasteiger partial charge in [0.25, 0.3) is 5.91 Å². The lowest BCUT2D eigenvalue weighted by Gasteiger charge is -2.20. The molecule has 1 rings (SSSR count). The van der Waals surface area contributed by atoms with Crippen LogP contribution in [0, 0.1) is 5.92 Å². The molecule has 0 aliphatic rings. The molecule has 1 heterocycles. The lowest BCUT2D eigenvalue weighted by Crippen LogP contribution is -2.40. The van der Waals surface area contributed by atoms with Gasteiger partial charge in [0.15, 0.2) is 0 Å². The van der Waals surface area contributed by atoms with Crippen molar-refractivity contribution in [2.75, 3.05) is 0 Å². The van der Waals surface area contributed by atoms with E-state index in [2.05, 4.69) is 10.3 Å². The minimum absolute atomic E-state index is 0.0350. The smallest absolute Gasteiger partial charge is 0.305 e. The second-order valence-corrected chi connectivity index (χ2v) is 5.67.